The first-order chi connectivity index (χ1) is 14.2. The van der Waals surface area contributed by atoms with Crippen molar-refractivity contribution in [2.75, 3.05) is 39.4 Å². The summed E-state index contributed by atoms with van der Waals surface area (Å²) in [6.45, 7) is 4.77. The second kappa shape index (κ2) is 10.5. The largest absolute Gasteiger partial charge is 0.490 e. The summed E-state index contributed by atoms with van der Waals surface area (Å²) in [7, 11) is 0. The zero-order valence-corrected chi connectivity index (χ0v) is 16.9. The van der Waals surface area contributed by atoms with Crippen LogP contribution in [0.4, 0.5) is 0 Å². The zero-order valence-electron chi connectivity index (χ0n) is 16.9. The molecule has 1 saturated heterocycles. The van der Waals surface area contributed by atoms with Gasteiger partial charge in [0.05, 0.1) is 13.0 Å². The van der Waals surface area contributed by atoms with Crippen molar-refractivity contribution >= 4 is 11.8 Å². The minimum Gasteiger partial charge on any atom is -0.490 e. The Hall–Kier alpha value is -3.02. The third-order valence-corrected chi connectivity index (χ3v) is 4.90. The smallest absolute Gasteiger partial charge is 0.260 e. The molecule has 6 heteroatoms. The molecule has 1 aliphatic rings. The van der Waals surface area contributed by atoms with E-state index in [-0.39, 0.29) is 18.4 Å². The molecule has 0 atom stereocenters. The molecule has 154 valence electrons. The highest BCUT2D eigenvalue weighted by Gasteiger charge is 2.22. The lowest BCUT2D eigenvalue weighted by molar-refractivity contribution is -0.134. The third kappa shape index (κ3) is 5.98. The summed E-state index contributed by atoms with van der Waals surface area (Å²) < 4.78 is 11.2. The van der Waals surface area contributed by atoms with Crippen LogP contribution >= 0.6 is 0 Å². The van der Waals surface area contributed by atoms with Crippen molar-refractivity contribution in [1.82, 2.24) is 9.80 Å². The Balaban J connectivity index is 1.50. The molecule has 0 spiro atoms. The van der Waals surface area contributed by atoms with Crippen molar-refractivity contribution in [2.45, 2.75) is 19.8 Å². The van der Waals surface area contributed by atoms with E-state index in [0.29, 0.717) is 50.7 Å². The van der Waals surface area contributed by atoms with Gasteiger partial charge in [-0.05, 0) is 31.0 Å². The molecule has 3 rings (SSSR count). The highest BCUT2D eigenvalue weighted by atomic mass is 16.5. The van der Waals surface area contributed by atoms with Crippen molar-refractivity contribution in [3.63, 3.8) is 0 Å². The van der Waals surface area contributed by atoms with E-state index in [4.69, 9.17) is 9.47 Å². The number of hydrogen-bond donors (Lipinski definition) is 0. The quantitative estimate of drug-likeness (QED) is 0.722. The number of nitrogens with zero attached hydrogens (tertiary/aromatic N) is 2. The van der Waals surface area contributed by atoms with Gasteiger partial charge in [-0.1, -0.05) is 42.5 Å². The standard InChI is InChI=1S/C23H28N2O4/c1-2-28-20-11-6-7-12-21(20)29-18-23(27)25-14-8-13-24(15-16-25)22(26)17-19-9-4-3-5-10-19/h3-7,9-12H,2,8,13-18H2,1H3. The maximum Gasteiger partial charge on any atom is 0.260 e. The number of benzene rings is 2. The molecule has 1 fully saturated rings. The predicted octanol–water partition coefficient (Wildman–Crippen LogP) is 2.77. The Morgan fingerprint density at radius 3 is 2.03 bits per heavy atom. The Morgan fingerprint density at radius 1 is 0.793 bits per heavy atom. The van der Waals surface area contributed by atoms with E-state index >= 15 is 0 Å². The van der Waals surface area contributed by atoms with Crippen molar-refractivity contribution in [1.29, 1.82) is 0 Å². The fourth-order valence-corrected chi connectivity index (χ4v) is 3.37. The van der Waals surface area contributed by atoms with Crippen LogP contribution in [0.25, 0.3) is 0 Å². The molecule has 2 aromatic rings. The molecule has 0 bridgehead atoms. The molecule has 1 aliphatic heterocycles. The molecule has 2 amide bonds. The van der Waals surface area contributed by atoms with Crippen LogP contribution in [0.2, 0.25) is 0 Å². The molecule has 29 heavy (non-hydrogen) atoms. The van der Waals surface area contributed by atoms with Crippen LogP contribution < -0.4 is 9.47 Å². The van der Waals surface area contributed by atoms with Crippen molar-refractivity contribution in [3.05, 3.63) is 60.2 Å². The molecule has 6 nitrogen and oxygen atoms in total. The SMILES string of the molecule is CCOc1ccccc1OCC(=O)N1CCCN(C(=O)Cc2ccccc2)CC1. The monoisotopic (exact) mass is 396 g/mol. The predicted molar refractivity (Wildman–Crippen MR) is 111 cm³/mol. The van der Waals surface area contributed by atoms with E-state index in [0.717, 1.165) is 12.0 Å². The van der Waals surface area contributed by atoms with Crippen LogP contribution in [0.15, 0.2) is 54.6 Å². The normalized spacial score (nSPS) is 14.2. The van der Waals surface area contributed by atoms with Gasteiger partial charge in [0, 0.05) is 26.2 Å². The van der Waals surface area contributed by atoms with Gasteiger partial charge in [0.15, 0.2) is 18.1 Å². The average Bonchev–Trinajstić information content (AvgIpc) is 3.00. The summed E-state index contributed by atoms with van der Waals surface area (Å²) >= 11 is 0. The van der Waals surface area contributed by atoms with E-state index in [2.05, 4.69) is 0 Å². The minimum atomic E-state index is -0.0753. The molecule has 0 radical (unpaired) electrons. The van der Waals surface area contributed by atoms with Crippen LogP contribution in [-0.4, -0.2) is 61.0 Å². The summed E-state index contributed by atoms with van der Waals surface area (Å²) in [5.41, 5.74) is 1.01. The first kappa shape index (κ1) is 20.7. The van der Waals surface area contributed by atoms with Crippen molar-refractivity contribution < 1.29 is 19.1 Å². The molecule has 1 heterocycles. The number of hydrogen-bond acceptors (Lipinski definition) is 4. The molecular weight excluding hydrogens is 368 g/mol. The second-order valence-electron chi connectivity index (χ2n) is 6.95. The van der Waals surface area contributed by atoms with Gasteiger partial charge in [0.1, 0.15) is 0 Å². The van der Waals surface area contributed by atoms with Gasteiger partial charge >= 0.3 is 0 Å². The minimum absolute atomic E-state index is 0.0396. The van der Waals surface area contributed by atoms with Crippen LogP contribution in [0.3, 0.4) is 0 Å². The van der Waals surface area contributed by atoms with Gasteiger partial charge < -0.3 is 19.3 Å². The van der Waals surface area contributed by atoms with Crippen molar-refractivity contribution in [3.8, 4) is 11.5 Å². The summed E-state index contributed by atoms with van der Waals surface area (Å²) in [6, 6.07) is 17.1. The Bertz CT molecular complexity index is 810. The summed E-state index contributed by atoms with van der Waals surface area (Å²) in [4.78, 5) is 28.8. The molecule has 0 unspecified atom stereocenters. The number of rotatable bonds is 7. The topological polar surface area (TPSA) is 59.1 Å². The maximum atomic E-state index is 12.6. The van der Waals surface area contributed by atoms with Crippen LogP contribution in [0, 0.1) is 0 Å². The van der Waals surface area contributed by atoms with E-state index in [1.165, 1.54) is 0 Å². The van der Waals surface area contributed by atoms with Gasteiger partial charge in [0.2, 0.25) is 5.91 Å². The summed E-state index contributed by atoms with van der Waals surface area (Å²) in [5.74, 6) is 1.23. The fraction of sp³-hybridized carbons (Fsp3) is 0.391. The van der Waals surface area contributed by atoms with Gasteiger partial charge in [-0.25, -0.2) is 0 Å². The molecule has 2 aromatic carbocycles. The number of para-hydroxylation sites is 2. The van der Waals surface area contributed by atoms with Crippen LogP contribution in [0.1, 0.15) is 18.9 Å². The first-order valence-electron chi connectivity index (χ1n) is 10.1. The lowest BCUT2D eigenvalue weighted by atomic mass is 10.1. The molecule has 0 aliphatic carbocycles. The second-order valence-corrected chi connectivity index (χ2v) is 6.95. The molecule has 0 saturated carbocycles. The van der Waals surface area contributed by atoms with Crippen LogP contribution in [-0.2, 0) is 16.0 Å². The Morgan fingerprint density at radius 2 is 1.38 bits per heavy atom. The van der Waals surface area contributed by atoms with Gasteiger partial charge in [-0.15, -0.1) is 0 Å². The maximum absolute atomic E-state index is 12.6. The fourth-order valence-electron chi connectivity index (χ4n) is 3.37. The van der Waals surface area contributed by atoms with Gasteiger partial charge in [-0.2, -0.15) is 0 Å². The van der Waals surface area contributed by atoms with E-state index in [1.54, 1.807) is 11.0 Å². The molecule has 0 N–H and O–H groups in total. The Kier molecular flexibility index (Phi) is 7.50. The Labute approximate surface area is 172 Å². The van der Waals surface area contributed by atoms with E-state index in [9.17, 15) is 9.59 Å². The molecular formula is C23H28N2O4. The highest BCUT2D eigenvalue weighted by Crippen LogP contribution is 2.26. The van der Waals surface area contributed by atoms with Gasteiger partial charge in [0.25, 0.3) is 5.91 Å². The number of ether oxygens (including phenoxy) is 2. The zero-order chi connectivity index (χ0) is 20.5. The third-order valence-electron chi connectivity index (χ3n) is 4.90. The highest BCUT2D eigenvalue weighted by molar-refractivity contribution is 5.80. The summed E-state index contributed by atoms with van der Waals surface area (Å²) in [5, 5.41) is 0. The van der Waals surface area contributed by atoms with E-state index in [1.807, 2.05) is 60.4 Å². The number of amides is 2. The molecule has 0 aromatic heterocycles. The lowest BCUT2D eigenvalue weighted by Gasteiger charge is -2.22. The first-order valence-corrected chi connectivity index (χ1v) is 10.1. The number of carbonyl (C=O) groups excluding carboxylic acids is 2. The number of carbonyl (C=O) groups is 2. The van der Waals surface area contributed by atoms with E-state index < -0.39 is 0 Å². The van der Waals surface area contributed by atoms with Crippen molar-refractivity contribution in [2.24, 2.45) is 0 Å². The van der Waals surface area contributed by atoms with Crippen LogP contribution in [0.5, 0.6) is 11.5 Å². The van der Waals surface area contributed by atoms with Gasteiger partial charge in [-0.3, -0.25) is 9.59 Å². The summed E-state index contributed by atoms with van der Waals surface area (Å²) in [6.07, 6.45) is 1.16. The average molecular weight is 396 g/mol. The lowest BCUT2D eigenvalue weighted by Crippen LogP contribution is -2.39.